The lowest BCUT2D eigenvalue weighted by molar-refractivity contribution is -0.117. The summed E-state index contributed by atoms with van der Waals surface area (Å²) in [7, 11) is 4.38. The first-order valence-corrected chi connectivity index (χ1v) is 8.13. The highest BCUT2D eigenvalue weighted by atomic mass is 16.5. The molecule has 0 saturated carbocycles. The Morgan fingerprint density at radius 2 is 1.48 bits per heavy atom. The maximum Gasteiger partial charge on any atom is 0.269 e. The molecular formula is C20H22N2O5. The molecule has 142 valence electrons. The van der Waals surface area contributed by atoms with Crippen molar-refractivity contribution in [2.45, 2.75) is 6.92 Å². The van der Waals surface area contributed by atoms with Crippen molar-refractivity contribution in [3.05, 3.63) is 59.2 Å². The summed E-state index contributed by atoms with van der Waals surface area (Å²) in [6, 6.07) is 10.7. The smallest absolute Gasteiger partial charge is 0.269 e. The van der Waals surface area contributed by atoms with E-state index in [0.29, 0.717) is 17.2 Å². The standard InChI is InChI=1S/C20H22N2O5/c1-13-5-7-14(8-6-13)9-10-18(23)21-22-20(24)15-11-16(25-2)19(27-4)17(12-15)26-3/h5-12H,1-4H3,(H,21,23)(H,22,24). The van der Waals surface area contributed by atoms with E-state index in [4.69, 9.17) is 14.2 Å². The molecule has 2 N–H and O–H groups in total. The molecule has 0 aliphatic heterocycles. The second-order valence-electron chi connectivity index (χ2n) is 5.60. The number of amides is 2. The Bertz CT molecular complexity index is 819. The Labute approximate surface area is 157 Å². The minimum Gasteiger partial charge on any atom is -0.493 e. The molecule has 2 amide bonds. The first-order chi connectivity index (χ1) is 13.0. The predicted octanol–water partition coefficient (Wildman–Crippen LogP) is 2.50. The highest BCUT2D eigenvalue weighted by molar-refractivity contribution is 5.98. The predicted molar refractivity (Wildman–Crippen MR) is 102 cm³/mol. The lowest BCUT2D eigenvalue weighted by Gasteiger charge is -2.14. The molecule has 7 nitrogen and oxygen atoms in total. The molecule has 2 rings (SSSR count). The summed E-state index contributed by atoms with van der Waals surface area (Å²) >= 11 is 0. The van der Waals surface area contributed by atoms with Crippen molar-refractivity contribution in [1.29, 1.82) is 0 Å². The van der Waals surface area contributed by atoms with Gasteiger partial charge in [0.25, 0.3) is 11.8 Å². The highest BCUT2D eigenvalue weighted by Gasteiger charge is 2.17. The van der Waals surface area contributed by atoms with Gasteiger partial charge in [0.2, 0.25) is 5.75 Å². The van der Waals surface area contributed by atoms with Gasteiger partial charge in [0.1, 0.15) is 0 Å². The summed E-state index contributed by atoms with van der Waals surface area (Å²) in [6.07, 6.45) is 2.99. The van der Waals surface area contributed by atoms with Crippen LogP contribution >= 0.6 is 0 Å². The quantitative estimate of drug-likeness (QED) is 0.603. The first kappa shape index (κ1) is 19.8. The number of nitrogens with one attached hydrogen (secondary N) is 2. The van der Waals surface area contributed by atoms with Crippen LogP contribution in [-0.4, -0.2) is 33.1 Å². The van der Waals surface area contributed by atoms with E-state index in [2.05, 4.69) is 10.9 Å². The third kappa shape index (κ3) is 5.24. The molecule has 7 heteroatoms. The van der Waals surface area contributed by atoms with Crippen LogP contribution in [0.3, 0.4) is 0 Å². The van der Waals surface area contributed by atoms with Crippen LogP contribution in [-0.2, 0) is 4.79 Å². The van der Waals surface area contributed by atoms with Gasteiger partial charge < -0.3 is 14.2 Å². The van der Waals surface area contributed by atoms with Gasteiger partial charge in [0.15, 0.2) is 11.5 Å². The molecule has 0 aromatic heterocycles. The second kappa shape index (κ2) is 9.28. The van der Waals surface area contributed by atoms with E-state index >= 15 is 0 Å². The van der Waals surface area contributed by atoms with Gasteiger partial charge >= 0.3 is 0 Å². The van der Waals surface area contributed by atoms with Gasteiger partial charge in [-0.15, -0.1) is 0 Å². The van der Waals surface area contributed by atoms with Crippen molar-refractivity contribution in [1.82, 2.24) is 10.9 Å². The van der Waals surface area contributed by atoms with Gasteiger partial charge in [-0.25, -0.2) is 0 Å². The molecule has 2 aromatic rings. The summed E-state index contributed by atoms with van der Waals surface area (Å²) in [6.45, 7) is 1.99. The van der Waals surface area contributed by atoms with E-state index in [1.54, 1.807) is 6.08 Å². The Hall–Kier alpha value is -3.48. The fraction of sp³-hybridized carbons (Fsp3) is 0.200. The molecule has 0 unspecified atom stereocenters. The molecule has 0 fully saturated rings. The van der Waals surface area contributed by atoms with Gasteiger partial charge in [-0.2, -0.15) is 0 Å². The minimum atomic E-state index is -0.522. The SMILES string of the molecule is COc1cc(C(=O)NNC(=O)C=Cc2ccc(C)cc2)cc(OC)c1OC. The van der Waals surface area contributed by atoms with Crippen molar-refractivity contribution in [3.63, 3.8) is 0 Å². The Balaban J connectivity index is 2.02. The largest absolute Gasteiger partial charge is 0.493 e. The number of methoxy groups -OCH3 is 3. The molecule has 0 bridgehead atoms. The molecular weight excluding hydrogens is 348 g/mol. The molecule has 2 aromatic carbocycles. The monoisotopic (exact) mass is 370 g/mol. The summed E-state index contributed by atoms with van der Waals surface area (Å²) in [5.41, 5.74) is 6.93. The minimum absolute atomic E-state index is 0.243. The van der Waals surface area contributed by atoms with Crippen LogP contribution in [0.15, 0.2) is 42.5 Å². The summed E-state index contributed by atoms with van der Waals surface area (Å²) < 4.78 is 15.6. The van der Waals surface area contributed by atoms with Crippen LogP contribution in [0.5, 0.6) is 17.2 Å². The van der Waals surface area contributed by atoms with Crippen LogP contribution in [0.25, 0.3) is 6.08 Å². The molecule has 0 radical (unpaired) electrons. The van der Waals surface area contributed by atoms with Crippen molar-refractivity contribution in [2.75, 3.05) is 21.3 Å². The number of hydrogen-bond donors (Lipinski definition) is 2. The molecule has 0 aliphatic carbocycles. The van der Waals surface area contributed by atoms with E-state index in [0.717, 1.165) is 11.1 Å². The van der Waals surface area contributed by atoms with Gasteiger partial charge in [-0.05, 0) is 30.7 Å². The number of rotatable bonds is 6. The van der Waals surface area contributed by atoms with Crippen molar-refractivity contribution in [3.8, 4) is 17.2 Å². The zero-order chi connectivity index (χ0) is 19.8. The number of carbonyl (C=O) groups excluding carboxylic acids is 2. The van der Waals surface area contributed by atoms with E-state index < -0.39 is 11.8 Å². The van der Waals surface area contributed by atoms with E-state index in [-0.39, 0.29) is 5.56 Å². The van der Waals surface area contributed by atoms with Crippen molar-refractivity contribution < 1.29 is 23.8 Å². The lowest BCUT2D eigenvalue weighted by Crippen LogP contribution is -2.40. The highest BCUT2D eigenvalue weighted by Crippen LogP contribution is 2.38. The molecule has 0 aliphatic rings. The summed E-state index contributed by atoms with van der Waals surface area (Å²) in [5.74, 6) is 0.0736. The summed E-state index contributed by atoms with van der Waals surface area (Å²) in [4.78, 5) is 24.2. The van der Waals surface area contributed by atoms with Crippen LogP contribution in [0.1, 0.15) is 21.5 Å². The average molecular weight is 370 g/mol. The number of hydrazine groups is 1. The van der Waals surface area contributed by atoms with Crippen LogP contribution in [0.2, 0.25) is 0 Å². The average Bonchev–Trinajstić information content (AvgIpc) is 2.70. The fourth-order valence-corrected chi connectivity index (χ4v) is 2.29. The maximum atomic E-state index is 12.3. The fourth-order valence-electron chi connectivity index (χ4n) is 2.29. The number of aryl methyl sites for hydroxylation is 1. The van der Waals surface area contributed by atoms with E-state index in [1.807, 2.05) is 31.2 Å². The Kier molecular flexibility index (Phi) is 6.82. The van der Waals surface area contributed by atoms with Gasteiger partial charge in [0.05, 0.1) is 21.3 Å². The topological polar surface area (TPSA) is 85.9 Å². The third-order valence-corrected chi connectivity index (χ3v) is 3.73. The molecule has 0 saturated heterocycles. The molecule has 0 spiro atoms. The van der Waals surface area contributed by atoms with Gasteiger partial charge in [-0.1, -0.05) is 29.8 Å². The molecule has 27 heavy (non-hydrogen) atoms. The van der Waals surface area contributed by atoms with E-state index in [9.17, 15) is 9.59 Å². The number of benzene rings is 2. The van der Waals surface area contributed by atoms with Gasteiger partial charge in [-0.3, -0.25) is 20.4 Å². The van der Waals surface area contributed by atoms with Crippen molar-refractivity contribution in [2.24, 2.45) is 0 Å². The normalized spacial score (nSPS) is 10.4. The van der Waals surface area contributed by atoms with Crippen LogP contribution in [0.4, 0.5) is 0 Å². The summed E-state index contributed by atoms with van der Waals surface area (Å²) in [5, 5.41) is 0. The van der Waals surface area contributed by atoms with E-state index in [1.165, 1.54) is 39.5 Å². The zero-order valence-corrected chi connectivity index (χ0v) is 15.7. The zero-order valence-electron chi connectivity index (χ0n) is 15.7. The third-order valence-electron chi connectivity index (χ3n) is 3.73. The number of ether oxygens (including phenoxy) is 3. The molecule has 0 atom stereocenters. The first-order valence-electron chi connectivity index (χ1n) is 8.13. The molecule has 0 heterocycles. The van der Waals surface area contributed by atoms with Crippen LogP contribution in [0, 0.1) is 6.92 Å². The second-order valence-corrected chi connectivity index (χ2v) is 5.60. The maximum absolute atomic E-state index is 12.3. The Morgan fingerprint density at radius 1 is 0.889 bits per heavy atom. The van der Waals surface area contributed by atoms with Gasteiger partial charge in [0, 0.05) is 11.6 Å². The van der Waals surface area contributed by atoms with Crippen molar-refractivity contribution >= 4 is 17.9 Å². The Morgan fingerprint density at radius 3 is 2.00 bits per heavy atom. The number of hydrogen-bond acceptors (Lipinski definition) is 5. The lowest BCUT2D eigenvalue weighted by atomic mass is 10.1. The van der Waals surface area contributed by atoms with Crippen LogP contribution < -0.4 is 25.1 Å². The number of carbonyl (C=O) groups is 2.